The number of hydrogen-bond donors (Lipinski definition) is 1. The van der Waals surface area contributed by atoms with Gasteiger partial charge in [0.1, 0.15) is 5.00 Å². The van der Waals surface area contributed by atoms with Crippen LogP contribution in [0, 0.1) is 20.8 Å². The number of rotatable bonds is 6. The molecule has 1 N–H and O–H groups in total. The van der Waals surface area contributed by atoms with Crippen molar-refractivity contribution in [2.45, 2.75) is 20.8 Å². The lowest BCUT2D eigenvalue weighted by Gasteiger charge is -2.08. The summed E-state index contributed by atoms with van der Waals surface area (Å²) in [5.41, 5.74) is 3.14. The van der Waals surface area contributed by atoms with E-state index in [2.05, 4.69) is 10.4 Å². The molecule has 8 nitrogen and oxygen atoms in total. The number of carbonyl (C=O) groups excluding carboxylic acids is 3. The molecule has 0 atom stereocenters. The molecule has 0 saturated heterocycles. The van der Waals surface area contributed by atoms with Gasteiger partial charge in [-0.2, -0.15) is 5.10 Å². The fourth-order valence-corrected chi connectivity index (χ4v) is 3.88. The highest BCUT2D eigenvalue weighted by molar-refractivity contribution is 7.16. The summed E-state index contributed by atoms with van der Waals surface area (Å²) in [6, 6.07) is 8.59. The number of anilines is 1. The third-order valence-corrected chi connectivity index (χ3v) is 5.66. The summed E-state index contributed by atoms with van der Waals surface area (Å²) in [7, 11) is 1.28. The molecule has 156 valence electrons. The maximum atomic E-state index is 12.2. The van der Waals surface area contributed by atoms with E-state index in [1.807, 2.05) is 19.9 Å². The first-order chi connectivity index (χ1) is 14.3. The average molecular weight is 427 g/mol. The van der Waals surface area contributed by atoms with Crippen molar-refractivity contribution in [2.75, 3.05) is 19.0 Å². The predicted octanol–water partition coefficient (Wildman–Crippen LogP) is 3.44. The zero-order chi connectivity index (χ0) is 21.8. The van der Waals surface area contributed by atoms with Gasteiger partial charge in [-0.1, -0.05) is 0 Å². The van der Waals surface area contributed by atoms with Crippen LogP contribution in [0.3, 0.4) is 0 Å². The number of thiophene rings is 1. The van der Waals surface area contributed by atoms with Crippen molar-refractivity contribution in [1.82, 2.24) is 9.78 Å². The van der Waals surface area contributed by atoms with Gasteiger partial charge in [0.2, 0.25) is 0 Å². The molecule has 3 rings (SSSR count). The third-order valence-electron chi connectivity index (χ3n) is 4.54. The molecule has 0 aliphatic rings. The molecular weight excluding hydrogens is 406 g/mol. The number of esters is 2. The lowest BCUT2D eigenvalue weighted by molar-refractivity contribution is -0.119. The molecule has 9 heteroatoms. The van der Waals surface area contributed by atoms with E-state index < -0.39 is 24.5 Å². The first-order valence-electron chi connectivity index (χ1n) is 9.08. The van der Waals surface area contributed by atoms with E-state index in [1.54, 1.807) is 42.1 Å². The number of methoxy groups -OCH3 is 1. The van der Waals surface area contributed by atoms with Crippen LogP contribution in [0.5, 0.6) is 0 Å². The van der Waals surface area contributed by atoms with Gasteiger partial charge in [0.05, 0.1) is 23.9 Å². The standard InChI is InChI=1S/C21H21N3O5S/c1-12-9-10-22-24(12)16-7-5-15(6-8-16)20(26)29-11-17(25)23-19-18(21(27)28-4)13(2)14(3)30-19/h5-10H,11H2,1-4H3,(H,23,25). The Morgan fingerprint density at radius 3 is 2.37 bits per heavy atom. The molecule has 3 aromatic rings. The Morgan fingerprint density at radius 2 is 1.77 bits per heavy atom. The molecule has 0 unspecified atom stereocenters. The van der Waals surface area contributed by atoms with Crippen LogP contribution in [0.15, 0.2) is 36.5 Å². The van der Waals surface area contributed by atoms with Crippen molar-refractivity contribution >= 4 is 34.2 Å². The number of nitrogens with zero attached hydrogens (tertiary/aromatic N) is 2. The Kier molecular flexibility index (Phi) is 6.31. The Morgan fingerprint density at radius 1 is 1.07 bits per heavy atom. The maximum absolute atomic E-state index is 12.2. The van der Waals surface area contributed by atoms with E-state index in [1.165, 1.54) is 18.4 Å². The summed E-state index contributed by atoms with van der Waals surface area (Å²) in [6.07, 6.45) is 1.69. The monoisotopic (exact) mass is 427 g/mol. The molecule has 0 bridgehead atoms. The summed E-state index contributed by atoms with van der Waals surface area (Å²) in [5, 5.41) is 7.20. The van der Waals surface area contributed by atoms with Crippen molar-refractivity contribution < 1.29 is 23.9 Å². The Balaban J connectivity index is 1.61. The fourth-order valence-electron chi connectivity index (χ4n) is 2.82. The fraction of sp³-hybridized carbons (Fsp3) is 0.238. The van der Waals surface area contributed by atoms with Gasteiger partial charge in [-0.3, -0.25) is 4.79 Å². The van der Waals surface area contributed by atoms with E-state index in [9.17, 15) is 14.4 Å². The van der Waals surface area contributed by atoms with Gasteiger partial charge in [0.15, 0.2) is 6.61 Å². The first kappa shape index (κ1) is 21.3. The highest BCUT2D eigenvalue weighted by Gasteiger charge is 2.22. The van der Waals surface area contributed by atoms with E-state index in [-0.39, 0.29) is 0 Å². The largest absolute Gasteiger partial charge is 0.465 e. The summed E-state index contributed by atoms with van der Waals surface area (Å²) < 4.78 is 11.6. The topological polar surface area (TPSA) is 99.5 Å². The quantitative estimate of drug-likeness (QED) is 0.605. The molecule has 30 heavy (non-hydrogen) atoms. The van der Waals surface area contributed by atoms with E-state index >= 15 is 0 Å². The normalized spacial score (nSPS) is 10.5. The smallest absolute Gasteiger partial charge is 0.341 e. The van der Waals surface area contributed by atoms with Gasteiger partial charge >= 0.3 is 11.9 Å². The zero-order valence-electron chi connectivity index (χ0n) is 17.0. The molecule has 0 aliphatic heterocycles. The minimum absolute atomic E-state index is 0.309. The molecule has 1 aromatic carbocycles. The average Bonchev–Trinajstić information content (AvgIpc) is 3.28. The summed E-state index contributed by atoms with van der Waals surface area (Å²) in [6.45, 7) is 5.07. The molecule has 2 aromatic heterocycles. The molecular formula is C21H21N3O5S. The van der Waals surface area contributed by atoms with E-state index in [0.717, 1.165) is 21.8 Å². The van der Waals surface area contributed by atoms with E-state index in [0.29, 0.717) is 16.1 Å². The van der Waals surface area contributed by atoms with Gasteiger partial charge in [-0.25, -0.2) is 14.3 Å². The van der Waals surface area contributed by atoms with Gasteiger partial charge in [0.25, 0.3) is 5.91 Å². The Bertz CT molecular complexity index is 1100. The number of ether oxygens (including phenoxy) is 2. The lowest BCUT2D eigenvalue weighted by Crippen LogP contribution is -2.21. The summed E-state index contributed by atoms with van der Waals surface area (Å²) in [4.78, 5) is 37.3. The summed E-state index contributed by atoms with van der Waals surface area (Å²) in [5.74, 6) is -1.70. The molecule has 0 fully saturated rings. The van der Waals surface area contributed by atoms with Crippen LogP contribution in [0.2, 0.25) is 0 Å². The molecule has 0 radical (unpaired) electrons. The van der Waals surface area contributed by atoms with Crippen LogP contribution in [0.25, 0.3) is 5.69 Å². The zero-order valence-corrected chi connectivity index (χ0v) is 17.8. The van der Waals surface area contributed by atoms with Crippen molar-refractivity contribution in [3.63, 3.8) is 0 Å². The van der Waals surface area contributed by atoms with Crippen molar-refractivity contribution in [1.29, 1.82) is 0 Å². The number of hydrogen-bond acceptors (Lipinski definition) is 7. The molecule has 0 spiro atoms. The number of amides is 1. The number of nitrogens with one attached hydrogen (secondary N) is 1. The van der Waals surface area contributed by atoms with E-state index in [4.69, 9.17) is 9.47 Å². The minimum Gasteiger partial charge on any atom is -0.465 e. The summed E-state index contributed by atoms with van der Waals surface area (Å²) >= 11 is 1.26. The van der Waals surface area contributed by atoms with Crippen LogP contribution >= 0.6 is 11.3 Å². The second-order valence-corrected chi connectivity index (χ2v) is 7.76. The molecule has 1 amide bonds. The van der Waals surface area contributed by atoms with Crippen LogP contribution < -0.4 is 5.32 Å². The Labute approximate surface area is 177 Å². The second kappa shape index (κ2) is 8.91. The molecule has 0 aliphatic carbocycles. The second-order valence-electron chi connectivity index (χ2n) is 6.53. The molecule has 0 saturated carbocycles. The highest BCUT2D eigenvalue weighted by Crippen LogP contribution is 2.32. The van der Waals surface area contributed by atoms with Crippen molar-refractivity contribution in [3.05, 3.63) is 63.8 Å². The molecule has 2 heterocycles. The number of benzene rings is 1. The van der Waals surface area contributed by atoms with Gasteiger partial charge in [0, 0.05) is 16.8 Å². The highest BCUT2D eigenvalue weighted by atomic mass is 32.1. The number of aromatic nitrogens is 2. The van der Waals surface area contributed by atoms with Gasteiger partial charge < -0.3 is 14.8 Å². The SMILES string of the molecule is COC(=O)c1c(NC(=O)COC(=O)c2ccc(-n3nccc3C)cc2)sc(C)c1C. The minimum atomic E-state index is -0.624. The maximum Gasteiger partial charge on any atom is 0.341 e. The van der Waals surface area contributed by atoms with Crippen LogP contribution in [0.1, 0.15) is 36.9 Å². The first-order valence-corrected chi connectivity index (χ1v) is 9.89. The van der Waals surface area contributed by atoms with Crippen molar-refractivity contribution in [3.8, 4) is 5.69 Å². The predicted molar refractivity (Wildman–Crippen MR) is 112 cm³/mol. The van der Waals surface area contributed by atoms with Crippen LogP contribution in [-0.2, 0) is 14.3 Å². The Hall–Kier alpha value is -3.46. The number of aryl methyl sites for hydroxylation is 2. The van der Waals surface area contributed by atoms with Crippen LogP contribution in [0.4, 0.5) is 5.00 Å². The van der Waals surface area contributed by atoms with Crippen LogP contribution in [-0.4, -0.2) is 41.3 Å². The lowest BCUT2D eigenvalue weighted by atomic mass is 10.1. The third kappa shape index (κ3) is 4.41. The van der Waals surface area contributed by atoms with Gasteiger partial charge in [-0.05, 0) is 56.7 Å². The number of carbonyl (C=O) groups is 3. The van der Waals surface area contributed by atoms with Gasteiger partial charge in [-0.15, -0.1) is 11.3 Å². The van der Waals surface area contributed by atoms with Crippen molar-refractivity contribution in [2.24, 2.45) is 0 Å².